The van der Waals surface area contributed by atoms with Gasteiger partial charge in [-0.2, -0.15) is 0 Å². The van der Waals surface area contributed by atoms with E-state index in [0.717, 1.165) is 63.8 Å². The topological polar surface area (TPSA) is 38.1 Å². The molecule has 0 radical (unpaired) electrons. The molecule has 24 heavy (non-hydrogen) atoms. The molecule has 0 N–H and O–H groups in total. The lowest BCUT2D eigenvalue weighted by atomic mass is 10.00. The van der Waals surface area contributed by atoms with Crippen molar-refractivity contribution in [2.75, 3.05) is 45.9 Å². The van der Waals surface area contributed by atoms with Crippen LogP contribution < -0.4 is 0 Å². The third-order valence-corrected chi connectivity index (χ3v) is 5.60. The largest absolute Gasteiger partial charge is 0.465 e. The van der Waals surface area contributed by atoms with Gasteiger partial charge >= 0.3 is 0 Å². The first kappa shape index (κ1) is 16.6. The fraction of sp³-hybridized carbons (Fsp3) is 0.789. The summed E-state index contributed by atoms with van der Waals surface area (Å²) in [6, 6.07) is 4.12. The molecule has 1 spiro atoms. The molecule has 0 bridgehead atoms. The number of aryl methyl sites for hydroxylation is 1. The van der Waals surface area contributed by atoms with Crippen LogP contribution in [0.2, 0.25) is 0 Å². The van der Waals surface area contributed by atoms with E-state index in [1.54, 1.807) is 0 Å². The van der Waals surface area contributed by atoms with Crippen LogP contribution in [0, 0.1) is 6.92 Å². The second-order valence-electron chi connectivity index (χ2n) is 7.74. The van der Waals surface area contributed by atoms with Gasteiger partial charge in [0.05, 0.1) is 25.9 Å². The van der Waals surface area contributed by atoms with E-state index in [2.05, 4.69) is 15.9 Å². The standard InChI is InChI=1S/C19H30N2O3/c1-16-4-5-17(23-16)12-21-10-11-22-15-19(14-21)7-6-18(24-19)13-20-8-2-3-9-20/h4-5,18H,2-3,6-15H2,1H3/t18-,19-/m1/s1. The minimum Gasteiger partial charge on any atom is -0.465 e. The Balaban J connectivity index is 1.36. The number of ether oxygens (including phenoxy) is 2. The van der Waals surface area contributed by atoms with E-state index in [4.69, 9.17) is 13.9 Å². The second kappa shape index (κ2) is 7.16. The zero-order chi connectivity index (χ0) is 16.4. The first-order valence-electron chi connectivity index (χ1n) is 9.46. The van der Waals surface area contributed by atoms with Crippen LogP contribution in [0.15, 0.2) is 16.5 Å². The Morgan fingerprint density at radius 2 is 2.04 bits per heavy atom. The van der Waals surface area contributed by atoms with Gasteiger partial charge in [0, 0.05) is 19.6 Å². The number of likely N-dealkylation sites (tertiary alicyclic amines) is 1. The molecule has 1 aromatic rings. The fourth-order valence-electron chi connectivity index (χ4n) is 4.41. The molecule has 3 aliphatic rings. The van der Waals surface area contributed by atoms with Gasteiger partial charge in [-0.1, -0.05) is 0 Å². The second-order valence-corrected chi connectivity index (χ2v) is 7.74. The van der Waals surface area contributed by atoms with E-state index >= 15 is 0 Å². The molecule has 3 saturated heterocycles. The monoisotopic (exact) mass is 334 g/mol. The van der Waals surface area contributed by atoms with Crippen molar-refractivity contribution in [3.63, 3.8) is 0 Å². The molecule has 5 heteroatoms. The first-order chi connectivity index (χ1) is 11.7. The molecule has 0 saturated carbocycles. The molecular formula is C19H30N2O3. The molecule has 3 aliphatic heterocycles. The molecule has 134 valence electrons. The highest BCUT2D eigenvalue weighted by atomic mass is 16.6. The van der Waals surface area contributed by atoms with Gasteiger partial charge in [-0.15, -0.1) is 0 Å². The Kier molecular flexibility index (Phi) is 4.95. The van der Waals surface area contributed by atoms with Crippen molar-refractivity contribution in [1.29, 1.82) is 0 Å². The van der Waals surface area contributed by atoms with Crippen LogP contribution >= 0.6 is 0 Å². The molecule has 0 unspecified atom stereocenters. The van der Waals surface area contributed by atoms with Gasteiger partial charge in [-0.3, -0.25) is 4.90 Å². The van der Waals surface area contributed by atoms with E-state index in [0.29, 0.717) is 6.10 Å². The summed E-state index contributed by atoms with van der Waals surface area (Å²) in [5, 5.41) is 0. The Labute approximate surface area is 144 Å². The molecule has 2 atom stereocenters. The molecule has 0 aromatic carbocycles. The number of hydrogen-bond acceptors (Lipinski definition) is 5. The molecule has 1 aromatic heterocycles. The zero-order valence-electron chi connectivity index (χ0n) is 14.8. The van der Waals surface area contributed by atoms with Crippen molar-refractivity contribution in [1.82, 2.24) is 9.80 Å². The number of rotatable bonds is 4. The first-order valence-corrected chi connectivity index (χ1v) is 9.46. The normalized spacial score (nSPS) is 32.6. The van der Waals surface area contributed by atoms with Crippen molar-refractivity contribution in [3.05, 3.63) is 23.7 Å². The van der Waals surface area contributed by atoms with Crippen molar-refractivity contribution in [2.45, 2.75) is 50.9 Å². The third-order valence-electron chi connectivity index (χ3n) is 5.60. The van der Waals surface area contributed by atoms with Gasteiger partial charge in [0.2, 0.25) is 0 Å². The van der Waals surface area contributed by atoms with Crippen LogP contribution in [0.5, 0.6) is 0 Å². The number of furan rings is 1. The van der Waals surface area contributed by atoms with E-state index < -0.39 is 0 Å². The van der Waals surface area contributed by atoms with Crippen LogP contribution in [0.1, 0.15) is 37.2 Å². The lowest BCUT2D eigenvalue weighted by Crippen LogP contribution is -2.45. The summed E-state index contributed by atoms with van der Waals surface area (Å²) in [5.74, 6) is 2.02. The maximum atomic E-state index is 6.57. The van der Waals surface area contributed by atoms with E-state index in [1.807, 2.05) is 13.0 Å². The molecule has 5 nitrogen and oxygen atoms in total. The minimum atomic E-state index is -0.122. The van der Waals surface area contributed by atoms with Gasteiger partial charge in [0.25, 0.3) is 0 Å². The van der Waals surface area contributed by atoms with E-state index in [1.165, 1.54) is 25.9 Å². The highest BCUT2D eigenvalue weighted by Crippen LogP contribution is 2.34. The van der Waals surface area contributed by atoms with Crippen molar-refractivity contribution in [3.8, 4) is 0 Å². The Hall–Kier alpha value is -0.880. The molecule has 0 aliphatic carbocycles. The predicted octanol–water partition coefficient (Wildman–Crippen LogP) is 2.43. The van der Waals surface area contributed by atoms with Crippen LogP contribution in [0.4, 0.5) is 0 Å². The van der Waals surface area contributed by atoms with Gasteiger partial charge in [-0.05, 0) is 57.8 Å². The average molecular weight is 334 g/mol. The molecular weight excluding hydrogens is 304 g/mol. The van der Waals surface area contributed by atoms with Crippen LogP contribution in [0.3, 0.4) is 0 Å². The minimum absolute atomic E-state index is 0.122. The lowest BCUT2D eigenvalue weighted by Gasteiger charge is -2.32. The maximum Gasteiger partial charge on any atom is 0.118 e. The van der Waals surface area contributed by atoms with Crippen molar-refractivity contribution >= 4 is 0 Å². The summed E-state index contributed by atoms with van der Waals surface area (Å²) in [6.07, 6.45) is 5.33. The molecule has 4 rings (SSSR count). The lowest BCUT2D eigenvalue weighted by molar-refractivity contribution is -0.0916. The maximum absolute atomic E-state index is 6.57. The number of hydrogen-bond donors (Lipinski definition) is 0. The van der Waals surface area contributed by atoms with Gasteiger partial charge in [-0.25, -0.2) is 0 Å². The average Bonchev–Trinajstić information content (AvgIpc) is 3.25. The molecule has 4 heterocycles. The Bertz CT molecular complexity index is 540. The van der Waals surface area contributed by atoms with Crippen LogP contribution in [0.25, 0.3) is 0 Å². The van der Waals surface area contributed by atoms with Gasteiger partial charge in [0.1, 0.15) is 17.1 Å². The van der Waals surface area contributed by atoms with Crippen molar-refractivity contribution < 1.29 is 13.9 Å². The van der Waals surface area contributed by atoms with Crippen LogP contribution in [-0.2, 0) is 16.0 Å². The third kappa shape index (κ3) is 3.85. The molecule has 0 amide bonds. The van der Waals surface area contributed by atoms with E-state index in [-0.39, 0.29) is 5.60 Å². The summed E-state index contributed by atoms with van der Waals surface area (Å²) < 4.78 is 18.2. The molecule has 3 fully saturated rings. The summed E-state index contributed by atoms with van der Waals surface area (Å²) in [5.41, 5.74) is -0.122. The SMILES string of the molecule is Cc1ccc(CN2CCOC[C@@]3(CC[C@H](CN4CCCC4)O3)C2)o1. The summed E-state index contributed by atoms with van der Waals surface area (Å²) in [7, 11) is 0. The smallest absolute Gasteiger partial charge is 0.118 e. The fourth-order valence-corrected chi connectivity index (χ4v) is 4.41. The van der Waals surface area contributed by atoms with Crippen LogP contribution in [-0.4, -0.2) is 67.4 Å². The zero-order valence-corrected chi connectivity index (χ0v) is 14.8. The Morgan fingerprint density at radius 1 is 1.17 bits per heavy atom. The predicted molar refractivity (Wildman–Crippen MR) is 92.1 cm³/mol. The highest BCUT2D eigenvalue weighted by Gasteiger charge is 2.43. The quantitative estimate of drug-likeness (QED) is 0.845. The Morgan fingerprint density at radius 3 is 2.83 bits per heavy atom. The highest BCUT2D eigenvalue weighted by molar-refractivity contribution is 5.06. The summed E-state index contributed by atoms with van der Waals surface area (Å²) in [4.78, 5) is 4.99. The summed E-state index contributed by atoms with van der Waals surface area (Å²) in [6.45, 7) is 9.84. The van der Waals surface area contributed by atoms with Crippen molar-refractivity contribution in [2.24, 2.45) is 0 Å². The van der Waals surface area contributed by atoms with Gasteiger partial charge < -0.3 is 18.8 Å². The van der Waals surface area contributed by atoms with E-state index in [9.17, 15) is 0 Å². The summed E-state index contributed by atoms with van der Waals surface area (Å²) >= 11 is 0. The van der Waals surface area contributed by atoms with Gasteiger partial charge in [0.15, 0.2) is 0 Å². The number of nitrogens with zero attached hydrogens (tertiary/aromatic N) is 2.